The molecule has 7 nitrogen and oxygen atoms in total. The number of hydroxylamine groups is 1. The van der Waals surface area contributed by atoms with Gasteiger partial charge in [-0.15, -0.1) is 6.58 Å². The molecular formula is C28H28N2O5. The fraction of sp³-hybridized carbons (Fsp3) is 0.214. The highest BCUT2D eigenvalue weighted by atomic mass is 16.5. The molecule has 1 amide bonds. The predicted octanol–water partition coefficient (Wildman–Crippen LogP) is 4.45. The van der Waals surface area contributed by atoms with E-state index in [1.54, 1.807) is 35.8 Å². The van der Waals surface area contributed by atoms with Crippen LogP contribution in [0.3, 0.4) is 0 Å². The highest BCUT2D eigenvalue weighted by Gasteiger charge is 2.52. The summed E-state index contributed by atoms with van der Waals surface area (Å²) in [7, 11) is 0. The van der Waals surface area contributed by atoms with Crippen molar-refractivity contribution in [3.8, 4) is 16.9 Å². The first-order chi connectivity index (χ1) is 17.1. The molecular weight excluding hydrogens is 444 g/mol. The molecule has 0 fully saturated rings. The standard InChI is InChI=1S/C28H28N2O5/c1-2-17-28(27(32)30-33)25(22-11-9-21(10-12-22)20-7-4-3-5-8-20)35-26(29-28)23-13-15-24(16-14-23)34-19-6-18-31/h2-5,7-16,25,31,33H,1,6,17-19H2,(H,30,32)/t25-,28-/m0/s1. The molecule has 4 rings (SSSR count). The number of hydrogen-bond acceptors (Lipinski definition) is 6. The Morgan fingerprint density at radius 2 is 1.69 bits per heavy atom. The second-order valence-corrected chi connectivity index (χ2v) is 8.21. The zero-order valence-electron chi connectivity index (χ0n) is 19.3. The SMILES string of the molecule is C=CC[C@]1(C(=O)NO)N=C(c2ccc(OCCCO)cc2)O[C@H]1c1ccc(-c2ccccc2)cc1. The van der Waals surface area contributed by atoms with Crippen molar-refractivity contribution in [3.63, 3.8) is 0 Å². The molecule has 3 aromatic rings. The van der Waals surface area contributed by atoms with Crippen molar-refractivity contribution in [1.29, 1.82) is 0 Å². The van der Waals surface area contributed by atoms with Crippen LogP contribution >= 0.6 is 0 Å². The Kier molecular flexibility index (Phi) is 7.60. The van der Waals surface area contributed by atoms with E-state index >= 15 is 0 Å². The van der Waals surface area contributed by atoms with E-state index in [4.69, 9.17) is 14.6 Å². The molecule has 1 aliphatic heterocycles. The zero-order chi connectivity index (χ0) is 24.7. The summed E-state index contributed by atoms with van der Waals surface area (Å²) in [5.74, 6) is 0.266. The van der Waals surface area contributed by atoms with Gasteiger partial charge in [0.2, 0.25) is 5.90 Å². The van der Waals surface area contributed by atoms with Crippen LogP contribution in [0, 0.1) is 0 Å². The molecule has 180 valence electrons. The topological polar surface area (TPSA) is 100 Å². The molecule has 3 N–H and O–H groups in total. The minimum absolute atomic E-state index is 0.0642. The summed E-state index contributed by atoms with van der Waals surface area (Å²) in [6.45, 7) is 4.27. The summed E-state index contributed by atoms with van der Waals surface area (Å²) in [5, 5.41) is 18.5. The number of carbonyl (C=O) groups excluding carboxylic acids is 1. The van der Waals surface area contributed by atoms with Crippen LogP contribution in [-0.4, -0.2) is 40.9 Å². The van der Waals surface area contributed by atoms with Gasteiger partial charge in [-0.1, -0.05) is 60.7 Å². The Morgan fingerprint density at radius 3 is 2.31 bits per heavy atom. The highest BCUT2D eigenvalue weighted by molar-refractivity contribution is 6.00. The minimum atomic E-state index is -1.42. The van der Waals surface area contributed by atoms with Crippen molar-refractivity contribution in [3.05, 3.63) is 103 Å². The summed E-state index contributed by atoms with van der Waals surface area (Å²) < 4.78 is 11.9. The maximum absolute atomic E-state index is 12.9. The van der Waals surface area contributed by atoms with Crippen molar-refractivity contribution < 1.29 is 24.6 Å². The second-order valence-electron chi connectivity index (χ2n) is 8.21. The van der Waals surface area contributed by atoms with E-state index in [1.807, 2.05) is 54.6 Å². The Labute approximate surface area is 204 Å². The molecule has 1 heterocycles. The summed E-state index contributed by atoms with van der Waals surface area (Å²) in [5.41, 5.74) is 3.87. The monoisotopic (exact) mass is 472 g/mol. The van der Waals surface area contributed by atoms with E-state index in [2.05, 4.69) is 11.6 Å². The third-order valence-corrected chi connectivity index (χ3v) is 5.91. The summed E-state index contributed by atoms with van der Waals surface area (Å²) >= 11 is 0. The van der Waals surface area contributed by atoms with E-state index in [1.165, 1.54) is 0 Å². The fourth-order valence-corrected chi connectivity index (χ4v) is 4.11. The Balaban J connectivity index is 1.65. The van der Waals surface area contributed by atoms with Gasteiger partial charge in [0.1, 0.15) is 5.75 Å². The number of amides is 1. The maximum Gasteiger partial charge on any atom is 0.275 e. The van der Waals surface area contributed by atoms with Gasteiger partial charge in [-0.25, -0.2) is 10.5 Å². The van der Waals surface area contributed by atoms with Crippen LogP contribution in [-0.2, 0) is 9.53 Å². The van der Waals surface area contributed by atoms with E-state index < -0.39 is 17.6 Å². The molecule has 35 heavy (non-hydrogen) atoms. The van der Waals surface area contributed by atoms with Crippen molar-refractivity contribution in [1.82, 2.24) is 5.48 Å². The number of carbonyl (C=O) groups is 1. The molecule has 0 spiro atoms. The van der Waals surface area contributed by atoms with Crippen molar-refractivity contribution in [2.24, 2.45) is 4.99 Å². The van der Waals surface area contributed by atoms with Gasteiger partial charge >= 0.3 is 0 Å². The van der Waals surface area contributed by atoms with Crippen molar-refractivity contribution in [2.75, 3.05) is 13.2 Å². The van der Waals surface area contributed by atoms with Gasteiger partial charge in [0.15, 0.2) is 11.6 Å². The van der Waals surface area contributed by atoms with E-state index in [9.17, 15) is 10.0 Å². The zero-order valence-corrected chi connectivity index (χ0v) is 19.3. The number of aliphatic hydroxyl groups is 1. The van der Waals surface area contributed by atoms with Gasteiger partial charge < -0.3 is 14.6 Å². The second kappa shape index (κ2) is 11.0. The fourth-order valence-electron chi connectivity index (χ4n) is 4.11. The lowest BCUT2D eigenvalue weighted by molar-refractivity contribution is -0.137. The van der Waals surface area contributed by atoms with Gasteiger partial charge in [-0.05, 0) is 41.0 Å². The minimum Gasteiger partial charge on any atom is -0.494 e. The number of benzene rings is 3. The lowest BCUT2D eigenvalue weighted by Gasteiger charge is -2.28. The molecule has 0 saturated heterocycles. The first-order valence-electron chi connectivity index (χ1n) is 11.4. The quantitative estimate of drug-likeness (QED) is 0.175. The number of hydrogen-bond donors (Lipinski definition) is 3. The third kappa shape index (κ3) is 5.11. The molecule has 0 bridgehead atoms. The Bertz CT molecular complexity index is 1180. The average molecular weight is 473 g/mol. The van der Waals surface area contributed by atoms with Crippen LogP contribution in [0.1, 0.15) is 30.1 Å². The largest absolute Gasteiger partial charge is 0.494 e. The van der Waals surface area contributed by atoms with Crippen molar-refractivity contribution in [2.45, 2.75) is 24.5 Å². The first kappa shape index (κ1) is 24.2. The van der Waals surface area contributed by atoms with Gasteiger partial charge in [0.05, 0.1) is 6.61 Å². The average Bonchev–Trinajstić information content (AvgIpc) is 3.30. The molecule has 0 aliphatic carbocycles. The molecule has 0 unspecified atom stereocenters. The van der Waals surface area contributed by atoms with Gasteiger partial charge in [-0.2, -0.15) is 0 Å². The third-order valence-electron chi connectivity index (χ3n) is 5.91. The molecule has 0 radical (unpaired) electrons. The van der Waals surface area contributed by atoms with Gasteiger partial charge in [0.25, 0.3) is 5.91 Å². The summed E-state index contributed by atoms with van der Waals surface area (Å²) in [6.07, 6.45) is 1.53. The summed E-state index contributed by atoms with van der Waals surface area (Å²) in [4.78, 5) is 17.6. The number of rotatable bonds is 10. The van der Waals surface area contributed by atoms with Crippen LogP contribution in [0.5, 0.6) is 5.75 Å². The normalized spacial score (nSPS) is 18.9. The maximum atomic E-state index is 12.9. The van der Waals surface area contributed by atoms with Crippen LogP contribution in [0.4, 0.5) is 0 Å². The number of aliphatic hydroxyl groups excluding tert-OH is 1. The van der Waals surface area contributed by atoms with E-state index in [-0.39, 0.29) is 18.9 Å². The smallest absolute Gasteiger partial charge is 0.275 e. The van der Waals surface area contributed by atoms with Gasteiger partial charge in [-0.3, -0.25) is 10.0 Å². The number of ether oxygens (including phenoxy) is 2. The van der Waals surface area contributed by atoms with Crippen molar-refractivity contribution >= 4 is 11.8 Å². The predicted molar refractivity (Wildman–Crippen MR) is 133 cm³/mol. The molecule has 0 aromatic heterocycles. The van der Waals surface area contributed by atoms with Crippen LogP contribution < -0.4 is 10.2 Å². The van der Waals surface area contributed by atoms with E-state index in [0.717, 1.165) is 16.7 Å². The molecule has 0 saturated carbocycles. The number of aliphatic imine (C=N–C) groups is 1. The molecule has 3 aromatic carbocycles. The molecule has 1 aliphatic rings. The Morgan fingerprint density at radius 1 is 1.03 bits per heavy atom. The number of nitrogens with zero attached hydrogens (tertiary/aromatic N) is 1. The van der Waals surface area contributed by atoms with Crippen LogP contribution in [0.15, 0.2) is 96.5 Å². The van der Waals surface area contributed by atoms with Crippen LogP contribution in [0.2, 0.25) is 0 Å². The van der Waals surface area contributed by atoms with Crippen LogP contribution in [0.25, 0.3) is 11.1 Å². The summed E-state index contributed by atoms with van der Waals surface area (Å²) in [6, 6.07) is 24.9. The lowest BCUT2D eigenvalue weighted by Crippen LogP contribution is -2.47. The molecule has 7 heteroatoms. The molecule has 2 atom stereocenters. The number of nitrogens with one attached hydrogen (secondary N) is 1. The highest BCUT2D eigenvalue weighted by Crippen LogP contribution is 2.43. The van der Waals surface area contributed by atoms with E-state index in [0.29, 0.717) is 24.3 Å². The Hall–Kier alpha value is -3.94. The van der Waals surface area contributed by atoms with Gasteiger partial charge in [0, 0.05) is 25.0 Å². The lowest BCUT2D eigenvalue weighted by atomic mass is 9.84. The first-order valence-corrected chi connectivity index (χ1v) is 11.4.